The summed E-state index contributed by atoms with van der Waals surface area (Å²) in [5.74, 6) is 1.53. The third kappa shape index (κ3) is 5.66. The van der Waals surface area contributed by atoms with Crippen molar-refractivity contribution in [2.75, 3.05) is 18.5 Å². The molecule has 0 bridgehead atoms. The van der Waals surface area contributed by atoms with E-state index in [-0.39, 0.29) is 5.91 Å². The predicted octanol–water partition coefficient (Wildman–Crippen LogP) is 4.11. The lowest BCUT2D eigenvalue weighted by Crippen LogP contribution is -2.15. The summed E-state index contributed by atoms with van der Waals surface area (Å²) in [5, 5.41) is 2.85. The van der Waals surface area contributed by atoms with Gasteiger partial charge in [0, 0.05) is 5.69 Å². The van der Waals surface area contributed by atoms with Gasteiger partial charge in [-0.2, -0.15) is 0 Å². The van der Waals surface area contributed by atoms with E-state index >= 15 is 0 Å². The fraction of sp³-hybridized carbons (Fsp3) is 0.316. The summed E-state index contributed by atoms with van der Waals surface area (Å²) in [6.07, 6.45) is 0.306. The second kappa shape index (κ2) is 8.22. The fourth-order valence-electron chi connectivity index (χ4n) is 2.30. The molecule has 0 saturated heterocycles. The second-order valence-corrected chi connectivity index (χ2v) is 5.43. The van der Waals surface area contributed by atoms with Gasteiger partial charge in [0.1, 0.15) is 11.5 Å². The third-order valence-corrected chi connectivity index (χ3v) is 3.24. The van der Waals surface area contributed by atoms with E-state index in [0.29, 0.717) is 19.6 Å². The number of nitrogens with one attached hydrogen (secondary N) is 1. The molecule has 1 amide bonds. The minimum atomic E-state index is -0.0708. The van der Waals surface area contributed by atoms with Gasteiger partial charge in [0.15, 0.2) is 0 Å². The molecule has 0 aromatic heterocycles. The lowest BCUT2D eigenvalue weighted by atomic mass is 10.1. The Bertz CT molecular complexity index is 630. The molecule has 0 aliphatic heterocycles. The van der Waals surface area contributed by atoms with Crippen LogP contribution in [0, 0.1) is 13.8 Å². The summed E-state index contributed by atoms with van der Waals surface area (Å²) in [4.78, 5) is 11.9. The minimum absolute atomic E-state index is 0.0708. The standard InChI is InChI=1S/C19H23NO3/c1-4-22-17-7-5-16(6-8-17)20-19(21)9-10-23-18-12-14(2)11-15(3)13-18/h5-8,11-13H,4,9-10H2,1-3H3,(H,20,21). The van der Waals surface area contributed by atoms with Gasteiger partial charge >= 0.3 is 0 Å². The van der Waals surface area contributed by atoms with Crippen molar-refractivity contribution in [2.24, 2.45) is 0 Å². The van der Waals surface area contributed by atoms with Crippen molar-refractivity contribution in [3.05, 3.63) is 53.6 Å². The smallest absolute Gasteiger partial charge is 0.227 e. The number of amides is 1. The monoisotopic (exact) mass is 313 g/mol. The van der Waals surface area contributed by atoms with Gasteiger partial charge in [-0.3, -0.25) is 4.79 Å². The molecule has 0 fully saturated rings. The van der Waals surface area contributed by atoms with Gasteiger partial charge in [-0.05, 0) is 68.3 Å². The van der Waals surface area contributed by atoms with Crippen LogP contribution in [0.4, 0.5) is 5.69 Å². The Morgan fingerprint density at radius 1 is 0.957 bits per heavy atom. The molecule has 0 saturated carbocycles. The number of carbonyl (C=O) groups is 1. The summed E-state index contributed by atoms with van der Waals surface area (Å²) in [7, 11) is 0. The number of hydrogen-bond donors (Lipinski definition) is 1. The van der Waals surface area contributed by atoms with E-state index in [1.54, 1.807) is 0 Å². The number of aryl methyl sites for hydroxylation is 2. The topological polar surface area (TPSA) is 47.6 Å². The van der Waals surface area contributed by atoms with Crippen LogP contribution in [0.1, 0.15) is 24.5 Å². The molecule has 4 heteroatoms. The van der Waals surface area contributed by atoms with E-state index in [1.165, 1.54) is 0 Å². The van der Waals surface area contributed by atoms with E-state index in [1.807, 2.05) is 57.2 Å². The van der Waals surface area contributed by atoms with Crippen LogP contribution >= 0.6 is 0 Å². The van der Waals surface area contributed by atoms with Crippen LogP contribution in [0.2, 0.25) is 0 Å². The maximum absolute atomic E-state index is 11.9. The van der Waals surface area contributed by atoms with Crippen molar-refractivity contribution in [2.45, 2.75) is 27.2 Å². The first-order chi connectivity index (χ1) is 11.1. The van der Waals surface area contributed by atoms with Crippen LogP contribution in [-0.2, 0) is 4.79 Å². The highest BCUT2D eigenvalue weighted by Crippen LogP contribution is 2.17. The molecule has 4 nitrogen and oxygen atoms in total. The van der Waals surface area contributed by atoms with Gasteiger partial charge in [-0.15, -0.1) is 0 Å². The van der Waals surface area contributed by atoms with E-state index < -0.39 is 0 Å². The Labute approximate surface area is 137 Å². The van der Waals surface area contributed by atoms with Gasteiger partial charge in [0.05, 0.1) is 19.6 Å². The van der Waals surface area contributed by atoms with Crippen molar-refractivity contribution < 1.29 is 14.3 Å². The maximum Gasteiger partial charge on any atom is 0.227 e. The normalized spacial score (nSPS) is 10.2. The van der Waals surface area contributed by atoms with Crippen LogP contribution in [0.5, 0.6) is 11.5 Å². The molecule has 0 aliphatic carbocycles. The fourth-order valence-corrected chi connectivity index (χ4v) is 2.30. The molecule has 2 rings (SSSR count). The first-order valence-corrected chi connectivity index (χ1v) is 7.80. The minimum Gasteiger partial charge on any atom is -0.494 e. The molecule has 0 atom stereocenters. The van der Waals surface area contributed by atoms with Gasteiger partial charge in [0.2, 0.25) is 5.91 Å². The lowest BCUT2D eigenvalue weighted by molar-refractivity contribution is -0.116. The number of ether oxygens (including phenoxy) is 2. The number of hydrogen-bond acceptors (Lipinski definition) is 3. The molecule has 0 radical (unpaired) electrons. The zero-order valence-electron chi connectivity index (χ0n) is 13.9. The average Bonchev–Trinajstić information content (AvgIpc) is 2.48. The van der Waals surface area contributed by atoms with Gasteiger partial charge in [-0.1, -0.05) is 6.07 Å². The van der Waals surface area contributed by atoms with Crippen molar-refractivity contribution in [3.63, 3.8) is 0 Å². The van der Waals surface area contributed by atoms with E-state index in [9.17, 15) is 4.79 Å². The average molecular weight is 313 g/mol. The maximum atomic E-state index is 11.9. The molecular formula is C19H23NO3. The zero-order chi connectivity index (χ0) is 16.7. The van der Waals surface area contributed by atoms with E-state index in [2.05, 4.69) is 11.4 Å². The molecular weight excluding hydrogens is 290 g/mol. The highest BCUT2D eigenvalue weighted by Gasteiger charge is 2.04. The summed E-state index contributed by atoms with van der Waals surface area (Å²) < 4.78 is 11.0. The largest absolute Gasteiger partial charge is 0.494 e. The zero-order valence-corrected chi connectivity index (χ0v) is 13.9. The molecule has 0 unspecified atom stereocenters. The van der Waals surface area contributed by atoms with Gasteiger partial charge < -0.3 is 14.8 Å². The van der Waals surface area contributed by atoms with Crippen molar-refractivity contribution in [3.8, 4) is 11.5 Å². The SMILES string of the molecule is CCOc1ccc(NC(=O)CCOc2cc(C)cc(C)c2)cc1. The second-order valence-electron chi connectivity index (χ2n) is 5.43. The van der Waals surface area contributed by atoms with Crippen molar-refractivity contribution in [1.82, 2.24) is 0 Å². The first kappa shape index (κ1) is 16.9. The van der Waals surface area contributed by atoms with E-state index in [0.717, 1.165) is 28.3 Å². The molecule has 1 N–H and O–H groups in total. The molecule has 0 aliphatic rings. The van der Waals surface area contributed by atoms with Crippen LogP contribution in [0.3, 0.4) is 0 Å². The summed E-state index contributed by atoms with van der Waals surface area (Å²) >= 11 is 0. The van der Waals surface area contributed by atoms with Gasteiger partial charge in [-0.25, -0.2) is 0 Å². The molecule has 2 aromatic rings. The highest BCUT2D eigenvalue weighted by molar-refractivity contribution is 5.90. The Morgan fingerprint density at radius 3 is 2.22 bits per heavy atom. The summed E-state index contributed by atoms with van der Waals surface area (Å²) in [5.41, 5.74) is 3.06. The van der Waals surface area contributed by atoms with E-state index in [4.69, 9.17) is 9.47 Å². The molecule has 122 valence electrons. The van der Waals surface area contributed by atoms with Crippen LogP contribution in [-0.4, -0.2) is 19.1 Å². The summed E-state index contributed by atoms with van der Waals surface area (Å²) in [6.45, 7) is 6.97. The molecule has 0 heterocycles. The summed E-state index contributed by atoms with van der Waals surface area (Å²) in [6, 6.07) is 13.4. The van der Waals surface area contributed by atoms with Crippen LogP contribution in [0.15, 0.2) is 42.5 Å². The predicted molar refractivity (Wildman–Crippen MR) is 92.3 cm³/mol. The van der Waals surface area contributed by atoms with Crippen molar-refractivity contribution in [1.29, 1.82) is 0 Å². The Kier molecular flexibility index (Phi) is 6.03. The van der Waals surface area contributed by atoms with Crippen LogP contribution < -0.4 is 14.8 Å². The Hall–Kier alpha value is -2.49. The quantitative estimate of drug-likeness (QED) is 0.837. The van der Waals surface area contributed by atoms with Gasteiger partial charge in [0.25, 0.3) is 0 Å². The Morgan fingerprint density at radius 2 is 1.61 bits per heavy atom. The van der Waals surface area contributed by atoms with Crippen LogP contribution in [0.25, 0.3) is 0 Å². The first-order valence-electron chi connectivity index (χ1n) is 7.80. The van der Waals surface area contributed by atoms with Crippen molar-refractivity contribution >= 4 is 11.6 Å². The lowest BCUT2D eigenvalue weighted by Gasteiger charge is -2.09. The number of anilines is 1. The third-order valence-electron chi connectivity index (χ3n) is 3.24. The number of carbonyl (C=O) groups excluding carboxylic acids is 1. The molecule has 0 spiro atoms. The highest BCUT2D eigenvalue weighted by atomic mass is 16.5. The molecule has 2 aromatic carbocycles. The molecule has 23 heavy (non-hydrogen) atoms. The Balaban J connectivity index is 1.78. The number of rotatable bonds is 7. The number of benzene rings is 2.